The van der Waals surface area contributed by atoms with Crippen molar-refractivity contribution >= 4 is 11.6 Å². The van der Waals surface area contributed by atoms with E-state index in [4.69, 9.17) is 4.74 Å². The summed E-state index contributed by atoms with van der Waals surface area (Å²) in [5, 5.41) is 6.46. The van der Waals surface area contributed by atoms with Crippen molar-refractivity contribution in [1.82, 2.24) is 9.78 Å². The Kier molecular flexibility index (Phi) is 5.29. The van der Waals surface area contributed by atoms with Gasteiger partial charge in [-0.15, -0.1) is 0 Å². The van der Waals surface area contributed by atoms with Crippen LogP contribution in [-0.4, -0.2) is 28.9 Å². The molecule has 0 bridgehead atoms. The van der Waals surface area contributed by atoms with Crippen molar-refractivity contribution in [2.75, 3.05) is 11.9 Å². The molecule has 118 valence electrons. The van der Waals surface area contributed by atoms with Crippen LogP contribution in [0.5, 0.6) is 11.5 Å². The number of aryl methyl sites for hydroxylation is 1. The maximum absolute atomic E-state index is 12.3. The normalized spacial score (nSPS) is 10.5. The number of anilines is 1. The van der Waals surface area contributed by atoms with E-state index in [2.05, 4.69) is 15.2 Å². The van der Waals surface area contributed by atoms with Crippen LogP contribution in [0, 0.1) is 0 Å². The number of aromatic nitrogens is 2. The van der Waals surface area contributed by atoms with Crippen molar-refractivity contribution in [3.8, 4) is 11.5 Å². The molecule has 6 nitrogen and oxygen atoms in total. The number of carbonyl (C=O) groups excluding carboxylic acids is 1. The van der Waals surface area contributed by atoms with E-state index in [0.29, 0.717) is 12.3 Å². The van der Waals surface area contributed by atoms with Gasteiger partial charge >= 0.3 is 6.61 Å². The van der Waals surface area contributed by atoms with E-state index in [-0.39, 0.29) is 18.0 Å². The van der Waals surface area contributed by atoms with Crippen LogP contribution in [0.2, 0.25) is 0 Å². The van der Waals surface area contributed by atoms with E-state index < -0.39 is 12.5 Å². The van der Waals surface area contributed by atoms with E-state index in [1.807, 2.05) is 6.92 Å². The Hall–Kier alpha value is -2.64. The second-order valence-corrected chi connectivity index (χ2v) is 4.24. The first-order valence-electron chi connectivity index (χ1n) is 6.57. The van der Waals surface area contributed by atoms with Crippen molar-refractivity contribution in [3.05, 3.63) is 36.7 Å². The fourth-order valence-electron chi connectivity index (χ4n) is 1.70. The highest BCUT2D eigenvalue weighted by Gasteiger charge is 2.12. The zero-order valence-corrected chi connectivity index (χ0v) is 11.8. The first-order chi connectivity index (χ1) is 10.6. The van der Waals surface area contributed by atoms with Gasteiger partial charge in [0.15, 0.2) is 12.4 Å². The summed E-state index contributed by atoms with van der Waals surface area (Å²) < 4.78 is 35.8. The molecule has 0 radical (unpaired) electrons. The average molecular weight is 311 g/mol. The molecule has 2 aromatic rings. The standard InChI is InChI=1S/C14H15F2N3O3/c1-2-19-8-10(7-17-19)21-9-13(20)18-11-5-3-4-6-12(11)22-14(15)16/h3-8,14H,2,9H2,1H3,(H,18,20). The van der Waals surface area contributed by atoms with Gasteiger partial charge < -0.3 is 14.8 Å². The molecule has 1 aromatic carbocycles. The summed E-state index contributed by atoms with van der Waals surface area (Å²) in [6.07, 6.45) is 3.14. The second kappa shape index (κ2) is 7.39. The van der Waals surface area contributed by atoms with Crippen molar-refractivity contribution in [2.45, 2.75) is 20.1 Å². The van der Waals surface area contributed by atoms with Gasteiger partial charge in [0, 0.05) is 6.54 Å². The fraction of sp³-hybridized carbons (Fsp3) is 0.286. The molecule has 0 aliphatic heterocycles. The summed E-state index contributed by atoms with van der Waals surface area (Å²) in [6, 6.07) is 5.93. The van der Waals surface area contributed by atoms with Crippen molar-refractivity contribution in [2.24, 2.45) is 0 Å². The molecule has 2 rings (SSSR count). The lowest BCUT2D eigenvalue weighted by Crippen LogP contribution is -2.20. The van der Waals surface area contributed by atoms with Crippen molar-refractivity contribution < 1.29 is 23.0 Å². The smallest absolute Gasteiger partial charge is 0.387 e. The lowest BCUT2D eigenvalue weighted by Gasteiger charge is -2.11. The van der Waals surface area contributed by atoms with Gasteiger partial charge in [-0.05, 0) is 19.1 Å². The van der Waals surface area contributed by atoms with Crippen molar-refractivity contribution in [1.29, 1.82) is 0 Å². The highest BCUT2D eigenvalue weighted by Crippen LogP contribution is 2.25. The maximum Gasteiger partial charge on any atom is 0.387 e. The number of alkyl halides is 2. The molecule has 0 atom stereocenters. The highest BCUT2D eigenvalue weighted by atomic mass is 19.3. The monoisotopic (exact) mass is 311 g/mol. The van der Waals surface area contributed by atoms with Crippen LogP contribution >= 0.6 is 0 Å². The number of hydrogen-bond donors (Lipinski definition) is 1. The predicted molar refractivity (Wildman–Crippen MR) is 75.1 cm³/mol. The Morgan fingerprint density at radius 3 is 2.86 bits per heavy atom. The SMILES string of the molecule is CCn1cc(OCC(=O)Nc2ccccc2OC(F)F)cn1. The molecule has 0 saturated heterocycles. The number of hydrogen-bond acceptors (Lipinski definition) is 4. The number of rotatable bonds is 7. The molecular formula is C14H15F2N3O3. The molecule has 1 aromatic heterocycles. The molecule has 1 N–H and O–H groups in total. The number of nitrogens with one attached hydrogen (secondary N) is 1. The van der Waals surface area contributed by atoms with Crippen LogP contribution in [0.4, 0.5) is 14.5 Å². The molecule has 0 fully saturated rings. The zero-order chi connectivity index (χ0) is 15.9. The van der Waals surface area contributed by atoms with Gasteiger partial charge in [-0.2, -0.15) is 13.9 Å². The largest absolute Gasteiger partial charge is 0.480 e. The number of halogens is 2. The van der Waals surface area contributed by atoms with Crippen LogP contribution in [0.15, 0.2) is 36.7 Å². The molecular weight excluding hydrogens is 296 g/mol. The van der Waals surface area contributed by atoms with E-state index in [9.17, 15) is 13.6 Å². The van der Waals surface area contributed by atoms with Gasteiger partial charge in [-0.25, -0.2) is 0 Å². The summed E-state index contributed by atoms with van der Waals surface area (Å²) in [5.41, 5.74) is 0.153. The Morgan fingerprint density at radius 1 is 1.41 bits per heavy atom. The van der Waals surface area contributed by atoms with Gasteiger partial charge in [0.05, 0.1) is 18.1 Å². The quantitative estimate of drug-likeness (QED) is 0.853. The third-order valence-corrected chi connectivity index (χ3v) is 2.68. The fourth-order valence-corrected chi connectivity index (χ4v) is 1.70. The van der Waals surface area contributed by atoms with Crippen LogP contribution in [0.3, 0.4) is 0 Å². The number of ether oxygens (including phenoxy) is 2. The summed E-state index contributed by atoms with van der Waals surface area (Å²) in [7, 11) is 0. The molecule has 8 heteroatoms. The summed E-state index contributed by atoms with van der Waals surface area (Å²) >= 11 is 0. The Bertz CT molecular complexity index is 631. The molecule has 22 heavy (non-hydrogen) atoms. The predicted octanol–water partition coefficient (Wildman–Crippen LogP) is 2.52. The van der Waals surface area contributed by atoms with Gasteiger partial charge in [0.2, 0.25) is 0 Å². The maximum atomic E-state index is 12.3. The minimum absolute atomic E-state index is 0.107. The number of carbonyl (C=O) groups is 1. The van der Waals surface area contributed by atoms with Crippen LogP contribution in [-0.2, 0) is 11.3 Å². The zero-order valence-electron chi connectivity index (χ0n) is 11.8. The third-order valence-electron chi connectivity index (χ3n) is 2.68. The van der Waals surface area contributed by atoms with Crippen molar-refractivity contribution in [3.63, 3.8) is 0 Å². The summed E-state index contributed by atoms with van der Waals surface area (Å²) in [6.45, 7) is -0.621. The number of nitrogens with zero attached hydrogens (tertiary/aromatic N) is 2. The molecule has 0 aliphatic rings. The molecule has 0 saturated carbocycles. The van der Waals surface area contributed by atoms with Gasteiger partial charge in [0.1, 0.15) is 5.75 Å². The number of para-hydroxylation sites is 2. The van der Waals surface area contributed by atoms with E-state index in [1.54, 1.807) is 16.9 Å². The van der Waals surface area contributed by atoms with E-state index in [0.717, 1.165) is 0 Å². The van der Waals surface area contributed by atoms with Crippen LogP contribution in [0.25, 0.3) is 0 Å². The second-order valence-electron chi connectivity index (χ2n) is 4.24. The number of amides is 1. The first kappa shape index (κ1) is 15.7. The molecule has 0 aliphatic carbocycles. The van der Waals surface area contributed by atoms with Crippen LogP contribution in [0.1, 0.15) is 6.92 Å². The first-order valence-corrected chi connectivity index (χ1v) is 6.57. The third kappa shape index (κ3) is 4.44. The van der Waals surface area contributed by atoms with Crippen LogP contribution < -0.4 is 14.8 Å². The Labute approximate surface area is 125 Å². The van der Waals surface area contributed by atoms with E-state index >= 15 is 0 Å². The van der Waals surface area contributed by atoms with Gasteiger partial charge in [0.25, 0.3) is 5.91 Å². The minimum Gasteiger partial charge on any atom is -0.480 e. The average Bonchev–Trinajstić information content (AvgIpc) is 2.95. The minimum atomic E-state index is -2.96. The highest BCUT2D eigenvalue weighted by molar-refractivity contribution is 5.93. The number of benzene rings is 1. The van der Waals surface area contributed by atoms with Gasteiger partial charge in [-0.3, -0.25) is 9.48 Å². The lowest BCUT2D eigenvalue weighted by atomic mass is 10.3. The summed E-state index contributed by atoms with van der Waals surface area (Å²) in [4.78, 5) is 11.8. The molecule has 1 heterocycles. The summed E-state index contributed by atoms with van der Waals surface area (Å²) in [5.74, 6) is -0.145. The van der Waals surface area contributed by atoms with Gasteiger partial charge in [-0.1, -0.05) is 12.1 Å². The molecule has 0 spiro atoms. The Balaban J connectivity index is 1.91. The molecule has 0 unspecified atom stereocenters. The lowest BCUT2D eigenvalue weighted by molar-refractivity contribution is -0.118. The molecule has 1 amide bonds. The van der Waals surface area contributed by atoms with E-state index in [1.165, 1.54) is 24.4 Å². The topological polar surface area (TPSA) is 65.4 Å². The Morgan fingerprint density at radius 2 is 2.18 bits per heavy atom.